The van der Waals surface area contributed by atoms with Gasteiger partial charge in [0, 0.05) is 5.02 Å². The summed E-state index contributed by atoms with van der Waals surface area (Å²) in [4.78, 5) is 12.2. The summed E-state index contributed by atoms with van der Waals surface area (Å²) in [5.74, 6) is 0.0391. The Labute approximate surface area is 157 Å². The smallest absolute Gasteiger partial charge is 0.230 e. The number of Topliss-reactive ketones (excluding diaryl/α,β-unsaturated/α-hetero) is 1. The van der Waals surface area contributed by atoms with E-state index in [4.69, 9.17) is 16.0 Å². The minimum atomic E-state index is -1.29. The first kappa shape index (κ1) is 19.8. The van der Waals surface area contributed by atoms with Crippen molar-refractivity contribution in [1.82, 2.24) is 0 Å². The molecule has 0 bridgehead atoms. The van der Waals surface area contributed by atoms with Gasteiger partial charge in [0.05, 0.1) is 21.1 Å². The Balaban J connectivity index is 0.00000264. The number of hydrogen-bond donors (Lipinski definition) is 1. The fraction of sp³-hybridized carbons (Fsp3) is 0.250. The minimum Gasteiger partial charge on any atom is -1.00 e. The largest absolute Gasteiger partial charge is 1.00 e. The molecular weight excluding hydrogens is 431 g/mol. The van der Waals surface area contributed by atoms with Crippen LogP contribution in [0.15, 0.2) is 45.9 Å². The number of carbonyl (C=O) groups is 1. The second kappa shape index (κ2) is 8.05. The lowest BCUT2D eigenvalue weighted by atomic mass is 10.0. The SMILES string of the molecule is C[N+](C)(C)/N=C/c1ccc(C(=O)C(O)c2ccc(Cl)cc2)o1.[I-]. The van der Waals surface area contributed by atoms with E-state index in [1.165, 1.54) is 6.07 Å². The molecule has 2 aromatic rings. The van der Waals surface area contributed by atoms with E-state index in [1.54, 1.807) is 36.5 Å². The Morgan fingerprint density at radius 3 is 2.39 bits per heavy atom. The van der Waals surface area contributed by atoms with Crippen molar-refractivity contribution in [3.8, 4) is 0 Å². The Bertz CT molecular complexity index is 690. The zero-order valence-electron chi connectivity index (χ0n) is 13.0. The highest BCUT2D eigenvalue weighted by Gasteiger charge is 2.22. The summed E-state index contributed by atoms with van der Waals surface area (Å²) in [5.41, 5.74) is 0.465. The van der Waals surface area contributed by atoms with Crippen LogP contribution in [0.25, 0.3) is 0 Å². The quantitative estimate of drug-likeness (QED) is 0.228. The summed E-state index contributed by atoms with van der Waals surface area (Å²) in [7, 11) is 5.70. The van der Waals surface area contributed by atoms with Crippen molar-refractivity contribution in [1.29, 1.82) is 0 Å². The molecule has 1 atom stereocenters. The number of furan rings is 1. The lowest BCUT2D eigenvalue weighted by Crippen LogP contribution is -3.00. The summed E-state index contributed by atoms with van der Waals surface area (Å²) in [6.07, 6.45) is 0.262. The van der Waals surface area contributed by atoms with Crippen LogP contribution in [0.4, 0.5) is 0 Å². The fourth-order valence-electron chi connectivity index (χ4n) is 1.72. The van der Waals surface area contributed by atoms with Gasteiger partial charge in [-0.2, -0.15) is 0 Å². The summed E-state index contributed by atoms with van der Waals surface area (Å²) >= 11 is 5.79. The molecule has 0 aliphatic rings. The normalized spacial score (nSPS) is 12.9. The van der Waals surface area contributed by atoms with E-state index < -0.39 is 11.9 Å². The number of quaternary nitrogens is 1. The fourth-order valence-corrected chi connectivity index (χ4v) is 1.84. The van der Waals surface area contributed by atoms with Crippen LogP contribution < -0.4 is 24.0 Å². The number of ketones is 1. The van der Waals surface area contributed by atoms with Gasteiger partial charge in [-0.25, -0.2) is 4.59 Å². The second-order valence-electron chi connectivity index (χ2n) is 5.71. The minimum absolute atomic E-state index is 0. The monoisotopic (exact) mass is 448 g/mol. The van der Waals surface area contributed by atoms with Crippen molar-refractivity contribution in [2.75, 3.05) is 21.1 Å². The van der Waals surface area contributed by atoms with E-state index >= 15 is 0 Å². The van der Waals surface area contributed by atoms with Crippen molar-refractivity contribution in [3.63, 3.8) is 0 Å². The number of hydrogen-bond acceptors (Lipinski definition) is 4. The first-order chi connectivity index (χ1) is 10.3. The average molecular weight is 449 g/mol. The maximum atomic E-state index is 12.2. The Morgan fingerprint density at radius 2 is 1.83 bits per heavy atom. The van der Waals surface area contributed by atoms with Crippen LogP contribution in [0, 0.1) is 0 Å². The van der Waals surface area contributed by atoms with E-state index in [2.05, 4.69) is 5.10 Å². The third kappa shape index (κ3) is 5.72. The molecule has 0 saturated heterocycles. The topological polar surface area (TPSA) is 62.8 Å². The Morgan fingerprint density at radius 1 is 1.22 bits per heavy atom. The molecule has 1 heterocycles. The van der Waals surface area contributed by atoms with E-state index in [1.807, 2.05) is 21.1 Å². The molecule has 23 heavy (non-hydrogen) atoms. The molecule has 1 N–H and O–H groups in total. The van der Waals surface area contributed by atoms with Crippen molar-refractivity contribution in [2.24, 2.45) is 5.10 Å². The third-order valence-corrected chi connectivity index (χ3v) is 3.09. The van der Waals surface area contributed by atoms with Gasteiger partial charge in [0.1, 0.15) is 12.3 Å². The van der Waals surface area contributed by atoms with Gasteiger partial charge in [-0.3, -0.25) is 4.79 Å². The summed E-state index contributed by atoms with van der Waals surface area (Å²) in [6.45, 7) is 0. The molecule has 0 amide bonds. The summed E-state index contributed by atoms with van der Waals surface area (Å²) in [6, 6.07) is 9.61. The van der Waals surface area contributed by atoms with Crippen molar-refractivity contribution in [2.45, 2.75) is 6.10 Å². The molecule has 0 saturated carbocycles. The van der Waals surface area contributed by atoms with Crippen LogP contribution in [0.5, 0.6) is 0 Å². The van der Waals surface area contributed by atoms with Gasteiger partial charge in [0.15, 0.2) is 11.5 Å². The highest BCUT2D eigenvalue weighted by molar-refractivity contribution is 6.30. The van der Waals surface area contributed by atoms with Crippen LogP contribution in [-0.2, 0) is 0 Å². The third-order valence-electron chi connectivity index (χ3n) is 2.84. The first-order valence-electron chi connectivity index (χ1n) is 6.71. The first-order valence-corrected chi connectivity index (χ1v) is 7.09. The number of benzene rings is 1. The molecule has 7 heteroatoms. The van der Waals surface area contributed by atoms with Gasteiger partial charge in [-0.1, -0.05) is 28.8 Å². The molecule has 0 aliphatic heterocycles. The average Bonchev–Trinajstić information content (AvgIpc) is 2.92. The molecule has 1 aromatic carbocycles. The van der Waals surface area contributed by atoms with Crippen LogP contribution in [0.3, 0.4) is 0 Å². The highest BCUT2D eigenvalue weighted by Crippen LogP contribution is 2.21. The summed E-state index contributed by atoms with van der Waals surface area (Å²) < 4.78 is 5.80. The van der Waals surface area contributed by atoms with E-state index in [-0.39, 0.29) is 29.7 Å². The zero-order valence-corrected chi connectivity index (χ0v) is 15.9. The lowest BCUT2D eigenvalue weighted by molar-refractivity contribution is -0.876. The zero-order chi connectivity index (χ0) is 16.3. The molecule has 5 nitrogen and oxygen atoms in total. The number of halogens is 2. The highest BCUT2D eigenvalue weighted by atomic mass is 127. The van der Waals surface area contributed by atoms with Crippen LogP contribution in [-0.4, -0.2) is 42.8 Å². The lowest BCUT2D eigenvalue weighted by Gasteiger charge is -2.13. The van der Waals surface area contributed by atoms with Crippen molar-refractivity contribution >= 4 is 23.6 Å². The van der Waals surface area contributed by atoms with Gasteiger partial charge in [0.2, 0.25) is 5.78 Å². The predicted molar refractivity (Wildman–Crippen MR) is 85.1 cm³/mol. The number of rotatable bonds is 5. The molecule has 0 spiro atoms. The second-order valence-corrected chi connectivity index (χ2v) is 6.14. The Hall–Kier alpha value is -1.22. The van der Waals surface area contributed by atoms with Crippen molar-refractivity contribution in [3.05, 3.63) is 58.5 Å². The molecule has 0 fully saturated rings. The number of aliphatic hydroxyl groups excluding tert-OH is 1. The molecule has 0 aliphatic carbocycles. The summed E-state index contributed by atoms with van der Waals surface area (Å²) in [5, 5.41) is 14.9. The maximum absolute atomic E-state index is 12.2. The van der Waals surface area contributed by atoms with Crippen LogP contribution in [0.2, 0.25) is 5.02 Å². The molecular formula is C16H18ClIN2O3. The number of carbonyl (C=O) groups excluding carboxylic acids is 1. The van der Waals surface area contributed by atoms with Gasteiger partial charge < -0.3 is 33.5 Å². The van der Waals surface area contributed by atoms with Gasteiger partial charge in [0.25, 0.3) is 0 Å². The van der Waals surface area contributed by atoms with E-state index in [0.29, 0.717) is 20.9 Å². The number of aliphatic hydroxyl groups is 1. The number of nitrogens with zero attached hydrogens (tertiary/aromatic N) is 2. The molecule has 2 rings (SSSR count). The van der Waals surface area contributed by atoms with E-state index in [9.17, 15) is 9.90 Å². The van der Waals surface area contributed by atoms with E-state index in [0.717, 1.165) is 0 Å². The van der Waals surface area contributed by atoms with Gasteiger partial charge in [-0.05, 0) is 29.8 Å². The Kier molecular flexibility index (Phi) is 6.94. The van der Waals surface area contributed by atoms with Crippen LogP contribution >= 0.6 is 11.6 Å². The standard InChI is InChI=1S/C16H18ClN2O3.HI/c1-19(2,3)18-10-13-8-9-14(22-13)16(21)15(20)11-4-6-12(17)7-5-11;/h4-10,15,20H,1-3H3;1H/q+1;/p-1/b18-10+;. The predicted octanol–water partition coefficient (Wildman–Crippen LogP) is -0.107. The van der Waals surface area contributed by atoms with Gasteiger partial charge >= 0.3 is 0 Å². The molecule has 1 aromatic heterocycles. The van der Waals surface area contributed by atoms with Crippen molar-refractivity contribution < 1.29 is 42.9 Å². The van der Waals surface area contributed by atoms with Gasteiger partial charge in [-0.15, -0.1) is 0 Å². The maximum Gasteiger partial charge on any atom is 0.230 e. The molecule has 0 radical (unpaired) electrons. The molecule has 1 unspecified atom stereocenters. The molecule has 124 valence electrons. The van der Waals surface area contributed by atoms with Crippen LogP contribution in [0.1, 0.15) is 28.0 Å².